The van der Waals surface area contributed by atoms with E-state index in [9.17, 15) is 9.18 Å². The zero-order valence-corrected chi connectivity index (χ0v) is 12.2. The van der Waals surface area contributed by atoms with Gasteiger partial charge in [0.25, 0.3) is 5.91 Å². The monoisotopic (exact) mass is 330 g/mol. The summed E-state index contributed by atoms with van der Waals surface area (Å²) in [4.78, 5) is 13.9. The second-order valence-electron chi connectivity index (χ2n) is 4.60. The summed E-state index contributed by atoms with van der Waals surface area (Å²) in [6.07, 6.45) is 1.42. The van der Waals surface area contributed by atoms with Crippen molar-refractivity contribution in [2.24, 2.45) is 0 Å². The molecule has 104 valence electrons. The molecule has 1 aromatic carbocycles. The normalized spacial score (nSPS) is 16.5. The number of carbonyl (C=O) groups excluding carboxylic acids is 1. The Labute approximate surface area is 119 Å². The number of amides is 1. The lowest BCUT2D eigenvalue weighted by atomic mass is 10.2. The molecule has 6 heteroatoms. The first-order valence-corrected chi connectivity index (χ1v) is 6.98. The predicted molar refractivity (Wildman–Crippen MR) is 74.4 cm³/mol. The maximum atomic E-state index is 13.1. The Kier molecular flexibility index (Phi) is 4.29. The quantitative estimate of drug-likeness (QED) is 0.866. The number of carbonyl (C=O) groups is 1. The molecule has 1 aromatic rings. The van der Waals surface area contributed by atoms with Crippen LogP contribution < -0.4 is 10.5 Å². The summed E-state index contributed by atoms with van der Waals surface area (Å²) in [5.74, 6) is -0.204. The van der Waals surface area contributed by atoms with E-state index in [0.717, 1.165) is 25.9 Å². The highest BCUT2D eigenvalue weighted by Crippen LogP contribution is 2.33. The van der Waals surface area contributed by atoms with Gasteiger partial charge in [0.1, 0.15) is 5.82 Å². The third-order valence-corrected chi connectivity index (χ3v) is 3.69. The molecule has 0 bridgehead atoms. The highest BCUT2D eigenvalue weighted by Gasteiger charge is 2.25. The van der Waals surface area contributed by atoms with E-state index in [1.54, 1.807) is 11.8 Å². The van der Waals surface area contributed by atoms with E-state index < -0.39 is 11.9 Å². The molecule has 1 amide bonds. The topological polar surface area (TPSA) is 55.6 Å². The van der Waals surface area contributed by atoms with Crippen LogP contribution in [0.1, 0.15) is 19.8 Å². The number of nitrogen functional groups attached to an aromatic ring is 1. The summed E-state index contributed by atoms with van der Waals surface area (Å²) < 4.78 is 19.1. The smallest absolute Gasteiger partial charge is 0.263 e. The van der Waals surface area contributed by atoms with Crippen LogP contribution in [-0.2, 0) is 4.79 Å². The minimum Gasteiger partial charge on any atom is -0.478 e. The first-order valence-electron chi connectivity index (χ1n) is 6.19. The molecule has 19 heavy (non-hydrogen) atoms. The molecule has 0 aromatic heterocycles. The molecule has 1 unspecified atom stereocenters. The van der Waals surface area contributed by atoms with Gasteiger partial charge in [-0.3, -0.25) is 4.79 Å². The van der Waals surface area contributed by atoms with Crippen LogP contribution in [-0.4, -0.2) is 30.0 Å². The summed E-state index contributed by atoms with van der Waals surface area (Å²) in [6.45, 7) is 3.22. The van der Waals surface area contributed by atoms with Gasteiger partial charge in [0, 0.05) is 19.2 Å². The van der Waals surface area contributed by atoms with Crippen molar-refractivity contribution < 1.29 is 13.9 Å². The Morgan fingerprint density at radius 3 is 2.68 bits per heavy atom. The molecule has 1 heterocycles. The first-order chi connectivity index (χ1) is 8.99. The van der Waals surface area contributed by atoms with Gasteiger partial charge in [-0.25, -0.2) is 4.39 Å². The van der Waals surface area contributed by atoms with Gasteiger partial charge in [0.15, 0.2) is 11.9 Å². The Bertz CT molecular complexity index is 467. The van der Waals surface area contributed by atoms with Crippen LogP contribution in [0, 0.1) is 5.82 Å². The molecular weight excluding hydrogens is 315 g/mol. The summed E-state index contributed by atoms with van der Waals surface area (Å²) in [5.41, 5.74) is 5.88. The Morgan fingerprint density at radius 2 is 2.11 bits per heavy atom. The predicted octanol–water partition coefficient (Wildman–Crippen LogP) is 2.56. The number of ether oxygens (including phenoxy) is 1. The van der Waals surface area contributed by atoms with Crippen LogP contribution in [0.2, 0.25) is 0 Å². The molecule has 0 saturated carbocycles. The van der Waals surface area contributed by atoms with Crippen LogP contribution in [0.5, 0.6) is 5.75 Å². The maximum absolute atomic E-state index is 13.1. The van der Waals surface area contributed by atoms with Crippen molar-refractivity contribution in [3.8, 4) is 5.75 Å². The largest absolute Gasteiger partial charge is 0.478 e. The molecule has 1 aliphatic heterocycles. The number of hydrogen-bond donors (Lipinski definition) is 1. The fourth-order valence-electron chi connectivity index (χ4n) is 2.13. The van der Waals surface area contributed by atoms with Crippen LogP contribution in [0.3, 0.4) is 0 Å². The maximum Gasteiger partial charge on any atom is 0.263 e. The second-order valence-corrected chi connectivity index (χ2v) is 5.45. The fraction of sp³-hybridized carbons (Fsp3) is 0.462. The standard InChI is InChI=1S/C13H16BrFN2O2/c1-8(13(18)17-4-2-3-5-17)19-12-10(14)6-9(15)7-11(12)16/h6-8H,2-5,16H2,1H3. The minimum absolute atomic E-state index is 0.0619. The van der Waals surface area contributed by atoms with Gasteiger partial charge >= 0.3 is 0 Å². The zero-order chi connectivity index (χ0) is 14.0. The molecule has 0 radical (unpaired) electrons. The Balaban J connectivity index is 2.10. The minimum atomic E-state index is -0.637. The number of benzene rings is 1. The van der Waals surface area contributed by atoms with Gasteiger partial charge in [-0.15, -0.1) is 0 Å². The van der Waals surface area contributed by atoms with Gasteiger partial charge in [-0.2, -0.15) is 0 Å². The highest BCUT2D eigenvalue weighted by atomic mass is 79.9. The summed E-state index contributed by atoms with van der Waals surface area (Å²) in [5, 5.41) is 0. The molecule has 2 rings (SSSR count). The summed E-state index contributed by atoms with van der Waals surface area (Å²) in [7, 11) is 0. The molecule has 1 aliphatic rings. The number of halogens is 2. The number of hydrogen-bond acceptors (Lipinski definition) is 3. The number of nitrogens with two attached hydrogens (primary N) is 1. The highest BCUT2D eigenvalue weighted by molar-refractivity contribution is 9.10. The molecule has 4 nitrogen and oxygen atoms in total. The van der Waals surface area contributed by atoms with Crippen LogP contribution in [0.4, 0.5) is 10.1 Å². The SMILES string of the molecule is CC(Oc1c(N)cc(F)cc1Br)C(=O)N1CCCC1. The third-order valence-electron chi connectivity index (χ3n) is 3.10. The molecule has 1 atom stereocenters. The van der Waals surface area contributed by atoms with Crippen LogP contribution in [0.25, 0.3) is 0 Å². The first kappa shape index (κ1) is 14.1. The lowest BCUT2D eigenvalue weighted by Gasteiger charge is -2.22. The van der Waals surface area contributed by atoms with Gasteiger partial charge in [0.05, 0.1) is 10.2 Å². The molecule has 1 fully saturated rings. The number of nitrogens with zero attached hydrogens (tertiary/aromatic N) is 1. The second kappa shape index (κ2) is 5.77. The average molecular weight is 331 g/mol. The van der Waals surface area contributed by atoms with Crippen molar-refractivity contribution in [2.75, 3.05) is 18.8 Å². The van der Waals surface area contributed by atoms with Crippen LogP contribution in [0.15, 0.2) is 16.6 Å². The van der Waals surface area contributed by atoms with Crippen molar-refractivity contribution in [1.29, 1.82) is 0 Å². The molecule has 2 N–H and O–H groups in total. The summed E-state index contributed by atoms with van der Waals surface area (Å²) >= 11 is 3.19. The van der Waals surface area contributed by atoms with E-state index in [1.807, 2.05) is 0 Å². The third kappa shape index (κ3) is 3.18. The van der Waals surface area contributed by atoms with Crippen molar-refractivity contribution in [3.05, 3.63) is 22.4 Å². The number of rotatable bonds is 3. The Hall–Kier alpha value is -1.30. The van der Waals surface area contributed by atoms with Gasteiger partial charge in [-0.05, 0) is 41.8 Å². The van der Waals surface area contributed by atoms with E-state index in [-0.39, 0.29) is 11.6 Å². The van der Waals surface area contributed by atoms with E-state index in [2.05, 4.69) is 15.9 Å². The van der Waals surface area contributed by atoms with E-state index >= 15 is 0 Å². The van der Waals surface area contributed by atoms with Crippen LogP contribution >= 0.6 is 15.9 Å². The van der Waals surface area contributed by atoms with Gasteiger partial charge in [-0.1, -0.05) is 0 Å². The van der Waals surface area contributed by atoms with Crippen molar-refractivity contribution in [3.63, 3.8) is 0 Å². The Morgan fingerprint density at radius 1 is 1.47 bits per heavy atom. The van der Waals surface area contributed by atoms with E-state index in [0.29, 0.717) is 10.2 Å². The number of likely N-dealkylation sites (tertiary alicyclic amines) is 1. The van der Waals surface area contributed by atoms with E-state index in [1.165, 1.54) is 12.1 Å². The summed E-state index contributed by atoms with van der Waals surface area (Å²) in [6, 6.07) is 2.44. The van der Waals surface area contributed by atoms with Crippen molar-refractivity contribution in [1.82, 2.24) is 4.90 Å². The molecule has 0 spiro atoms. The van der Waals surface area contributed by atoms with E-state index in [4.69, 9.17) is 10.5 Å². The van der Waals surface area contributed by atoms with Crippen molar-refractivity contribution >= 4 is 27.5 Å². The number of anilines is 1. The lowest BCUT2D eigenvalue weighted by Crippen LogP contribution is -2.38. The van der Waals surface area contributed by atoms with Gasteiger partial charge < -0.3 is 15.4 Å². The average Bonchev–Trinajstić information content (AvgIpc) is 2.86. The lowest BCUT2D eigenvalue weighted by molar-refractivity contribution is -0.136. The zero-order valence-electron chi connectivity index (χ0n) is 10.7. The van der Waals surface area contributed by atoms with Gasteiger partial charge in [0.2, 0.25) is 0 Å². The molecule has 1 saturated heterocycles. The molecular formula is C13H16BrFN2O2. The fourth-order valence-corrected chi connectivity index (χ4v) is 2.67. The van der Waals surface area contributed by atoms with Crippen molar-refractivity contribution in [2.45, 2.75) is 25.9 Å². The molecule has 0 aliphatic carbocycles.